The number of methoxy groups -OCH3 is 1. The molecule has 19 heavy (non-hydrogen) atoms. The fraction of sp³-hybridized carbons (Fsp3) is 0.250. The summed E-state index contributed by atoms with van der Waals surface area (Å²) in [6.45, 7) is 1.92. The molecule has 7 heteroatoms. The minimum absolute atomic E-state index is 0.0912. The van der Waals surface area contributed by atoms with Crippen molar-refractivity contribution in [2.75, 3.05) is 19.6 Å². The van der Waals surface area contributed by atoms with Crippen molar-refractivity contribution in [1.29, 1.82) is 0 Å². The number of hydrogen-bond acceptors (Lipinski definition) is 4. The van der Waals surface area contributed by atoms with Crippen LogP contribution < -0.4 is 10.7 Å². The van der Waals surface area contributed by atoms with Crippen LogP contribution in [-0.4, -0.2) is 35.8 Å². The van der Waals surface area contributed by atoms with Crippen LogP contribution in [-0.2, 0) is 4.74 Å². The summed E-state index contributed by atoms with van der Waals surface area (Å²) in [5.41, 5.74) is 4.70. The number of carbonyl (C=O) groups excluding carboxylic acids is 2. The van der Waals surface area contributed by atoms with E-state index in [0.717, 1.165) is 5.56 Å². The van der Waals surface area contributed by atoms with Gasteiger partial charge >= 0.3 is 6.09 Å². The van der Waals surface area contributed by atoms with Gasteiger partial charge in [-0.25, -0.2) is 19.9 Å². The normalized spacial score (nSPS) is 10.3. The molecule has 0 aliphatic rings. The number of imidazole rings is 1. The number of rotatable bonds is 2. The highest BCUT2D eigenvalue weighted by molar-refractivity contribution is 5.96. The zero-order valence-electron chi connectivity index (χ0n) is 10.9. The Labute approximate surface area is 109 Å². The maximum Gasteiger partial charge on any atom is 0.426 e. The number of nitrogens with zero attached hydrogens (tertiary/aromatic N) is 2. The van der Waals surface area contributed by atoms with Crippen LogP contribution in [0.2, 0.25) is 0 Å². The van der Waals surface area contributed by atoms with Gasteiger partial charge in [0.2, 0.25) is 5.82 Å². The smallest absolute Gasteiger partial charge is 0.426 e. The first-order valence-electron chi connectivity index (χ1n) is 5.63. The van der Waals surface area contributed by atoms with Crippen LogP contribution in [0, 0.1) is 6.92 Å². The number of nitrogens with one attached hydrogen (secondary N) is 2. The molecule has 2 aromatic rings. The lowest BCUT2D eigenvalue weighted by atomic mass is 10.2. The van der Waals surface area contributed by atoms with Gasteiger partial charge in [0.1, 0.15) is 0 Å². The number of aromatic nitrogens is 2. The van der Waals surface area contributed by atoms with Crippen LogP contribution >= 0.6 is 0 Å². The molecule has 0 radical (unpaired) electrons. The number of carbonyl (C=O) groups is 2. The fourth-order valence-electron chi connectivity index (χ4n) is 1.70. The molecule has 0 unspecified atom stereocenters. The average Bonchev–Trinajstić information content (AvgIpc) is 2.75. The van der Waals surface area contributed by atoms with Gasteiger partial charge in [-0.3, -0.25) is 4.79 Å². The number of fused-ring (bicyclic) bond motifs is 1. The van der Waals surface area contributed by atoms with Gasteiger partial charge in [0, 0.05) is 7.05 Å². The summed E-state index contributed by atoms with van der Waals surface area (Å²) in [4.78, 5) is 27.3. The Morgan fingerprint density at radius 3 is 2.74 bits per heavy atom. The van der Waals surface area contributed by atoms with Gasteiger partial charge in [-0.05, 0) is 24.6 Å². The first kappa shape index (κ1) is 12.9. The lowest BCUT2D eigenvalue weighted by Crippen LogP contribution is -2.30. The van der Waals surface area contributed by atoms with Crippen molar-refractivity contribution in [2.45, 2.75) is 6.92 Å². The largest absolute Gasteiger partial charge is 0.452 e. The van der Waals surface area contributed by atoms with Gasteiger partial charge in [0.15, 0.2) is 0 Å². The van der Waals surface area contributed by atoms with Crippen LogP contribution in [0.25, 0.3) is 11.0 Å². The van der Waals surface area contributed by atoms with Crippen molar-refractivity contribution in [3.63, 3.8) is 0 Å². The van der Waals surface area contributed by atoms with E-state index in [1.165, 1.54) is 18.8 Å². The van der Waals surface area contributed by atoms with E-state index in [9.17, 15) is 9.59 Å². The van der Waals surface area contributed by atoms with Crippen LogP contribution in [0.1, 0.15) is 16.2 Å². The maximum atomic E-state index is 11.8. The van der Waals surface area contributed by atoms with E-state index < -0.39 is 12.0 Å². The molecule has 100 valence electrons. The minimum Gasteiger partial charge on any atom is -0.452 e. The van der Waals surface area contributed by atoms with Gasteiger partial charge in [-0.15, -0.1) is 0 Å². The summed E-state index contributed by atoms with van der Waals surface area (Å²) >= 11 is 0. The molecule has 1 heterocycles. The van der Waals surface area contributed by atoms with Gasteiger partial charge in [-0.2, -0.15) is 0 Å². The zero-order valence-corrected chi connectivity index (χ0v) is 10.9. The number of hydrogen-bond donors (Lipinski definition) is 2. The van der Waals surface area contributed by atoms with Crippen molar-refractivity contribution < 1.29 is 14.3 Å². The highest BCUT2D eigenvalue weighted by atomic mass is 16.5. The van der Waals surface area contributed by atoms with Crippen LogP contribution in [0.5, 0.6) is 0 Å². The van der Waals surface area contributed by atoms with Crippen molar-refractivity contribution >= 4 is 23.0 Å². The molecule has 0 fully saturated rings. The predicted octanol–water partition coefficient (Wildman–Crippen LogP) is 1.01. The average molecular weight is 262 g/mol. The predicted molar refractivity (Wildman–Crippen MR) is 69.6 cm³/mol. The Morgan fingerprint density at radius 1 is 1.37 bits per heavy atom. The molecule has 0 aliphatic carbocycles. The van der Waals surface area contributed by atoms with E-state index in [-0.39, 0.29) is 5.82 Å². The van der Waals surface area contributed by atoms with Crippen LogP contribution in [0.15, 0.2) is 18.2 Å². The Hall–Kier alpha value is -2.57. The molecule has 0 saturated heterocycles. The van der Waals surface area contributed by atoms with Crippen molar-refractivity contribution in [2.24, 2.45) is 0 Å². The molecule has 1 aromatic heterocycles. The topological polar surface area (TPSA) is 85.3 Å². The lowest BCUT2D eigenvalue weighted by Gasteiger charge is -2.08. The number of ether oxygens (including phenoxy) is 1. The second kappa shape index (κ2) is 4.97. The van der Waals surface area contributed by atoms with Crippen molar-refractivity contribution in [1.82, 2.24) is 15.0 Å². The molecule has 0 aliphatic heterocycles. The maximum absolute atomic E-state index is 11.8. The standard InChI is InChI=1S/C12H14N4O3/c1-7-4-5-9-8(6-7)14-10(11(17)13-2)16(9)15-12(18)19-3/h4-6H,1-3H3,(H,13,17)(H,15,18). The third-order valence-electron chi connectivity index (χ3n) is 2.63. The van der Waals surface area contributed by atoms with Gasteiger partial charge in [0.05, 0.1) is 18.1 Å². The van der Waals surface area contributed by atoms with Gasteiger partial charge < -0.3 is 10.1 Å². The molecule has 1 aromatic carbocycles. The summed E-state index contributed by atoms with van der Waals surface area (Å²) in [7, 11) is 2.74. The Kier molecular flexibility index (Phi) is 3.37. The van der Waals surface area contributed by atoms with E-state index in [4.69, 9.17) is 0 Å². The van der Waals surface area contributed by atoms with Crippen LogP contribution in [0.3, 0.4) is 0 Å². The summed E-state index contributed by atoms with van der Waals surface area (Å²) in [6.07, 6.45) is -0.676. The summed E-state index contributed by atoms with van der Waals surface area (Å²) < 4.78 is 5.84. The highest BCUT2D eigenvalue weighted by Gasteiger charge is 2.18. The van der Waals surface area contributed by atoms with Crippen molar-refractivity contribution in [3.05, 3.63) is 29.6 Å². The van der Waals surface area contributed by atoms with E-state index >= 15 is 0 Å². The molecular formula is C12H14N4O3. The van der Waals surface area contributed by atoms with E-state index in [2.05, 4.69) is 20.5 Å². The molecule has 0 saturated carbocycles. The summed E-state index contributed by atoms with van der Waals surface area (Å²) in [6, 6.07) is 5.48. The second-order valence-corrected chi connectivity index (χ2v) is 3.95. The monoisotopic (exact) mass is 262 g/mol. The Balaban J connectivity index is 2.61. The Morgan fingerprint density at radius 2 is 2.11 bits per heavy atom. The first-order valence-corrected chi connectivity index (χ1v) is 5.63. The fourth-order valence-corrected chi connectivity index (χ4v) is 1.70. The van der Waals surface area contributed by atoms with Gasteiger partial charge in [-0.1, -0.05) is 6.07 Å². The quantitative estimate of drug-likeness (QED) is 0.846. The molecule has 0 atom stereocenters. The third kappa shape index (κ3) is 2.35. The highest BCUT2D eigenvalue weighted by Crippen LogP contribution is 2.16. The third-order valence-corrected chi connectivity index (χ3v) is 2.63. The lowest BCUT2D eigenvalue weighted by molar-refractivity contribution is 0.0950. The van der Waals surface area contributed by atoms with E-state index in [1.54, 1.807) is 6.07 Å². The summed E-state index contributed by atoms with van der Waals surface area (Å²) in [5, 5.41) is 2.47. The molecular weight excluding hydrogens is 248 g/mol. The molecule has 0 spiro atoms. The molecule has 7 nitrogen and oxygen atoms in total. The minimum atomic E-state index is -0.676. The van der Waals surface area contributed by atoms with Crippen LogP contribution in [0.4, 0.5) is 4.79 Å². The molecule has 2 amide bonds. The number of aryl methyl sites for hydroxylation is 1. The van der Waals surface area contributed by atoms with Gasteiger partial charge in [0.25, 0.3) is 5.91 Å². The SMILES string of the molecule is CNC(=O)c1nc2cc(C)ccc2n1NC(=O)OC. The zero-order chi connectivity index (χ0) is 14.0. The van der Waals surface area contributed by atoms with Crippen molar-refractivity contribution in [3.8, 4) is 0 Å². The van der Waals surface area contributed by atoms with E-state index in [0.29, 0.717) is 11.0 Å². The number of benzene rings is 1. The second-order valence-electron chi connectivity index (χ2n) is 3.95. The van der Waals surface area contributed by atoms with E-state index in [1.807, 2.05) is 19.1 Å². The number of amides is 2. The summed E-state index contributed by atoms with van der Waals surface area (Å²) in [5.74, 6) is -0.307. The molecule has 0 bridgehead atoms. The molecule has 2 rings (SSSR count). The molecule has 2 N–H and O–H groups in total. The first-order chi connectivity index (χ1) is 9.06. The Bertz CT molecular complexity index is 648.